The van der Waals surface area contributed by atoms with E-state index in [2.05, 4.69) is 191 Å². The Morgan fingerprint density at radius 3 is 1.75 bits per heavy atom. The first-order valence-corrected chi connectivity index (χ1v) is 19.1. The van der Waals surface area contributed by atoms with Crippen molar-refractivity contribution in [1.82, 2.24) is 14.5 Å². The average Bonchev–Trinajstić information content (AvgIpc) is 3.60. The highest BCUT2D eigenvalue weighted by Crippen LogP contribution is 2.46. The molecule has 56 heavy (non-hydrogen) atoms. The molecule has 9 aromatic carbocycles. The molecule has 12 aromatic rings. The Bertz CT molecular complexity index is 3420. The molecule has 4 heteroatoms. The molecule has 12 rings (SSSR count). The highest BCUT2D eigenvalue weighted by atomic mass is 15.1. The van der Waals surface area contributed by atoms with Crippen LogP contribution in [0, 0.1) is 0 Å². The fourth-order valence-electron chi connectivity index (χ4n) is 9.23. The zero-order chi connectivity index (χ0) is 36.7. The molecule has 0 aliphatic carbocycles. The van der Waals surface area contributed by atoms with Gasteiger partial charge in [-0.25, -0.2) is 0 Å². The van der Waals surface area contributed by atoms with Crippen LogP contribution in [0.5, 0.6) is 0 Å². The summed E-state index contributed by atoms with van der Waals surface area (Å²) in [5.74, 6) is 0. The summed E-state index contributed by atoms with van der Waals surface area (Å²) in [6.07, 6.45) is 3.85. The maximum atomic E-state index is 5.01. The van der Waals surface area contributed by atoms with Gasteiger partial charge >= 0.3 is 0 Å². The minimum absolute atomic E-state index is 0.882. The van der Waals surface area contributed by atoms with Gasteiger partial charge in [0.15, 0.2) is 0 Å². The molecule has 0 saturated carbocycles. The Morgan fingerprint density at radius 1 is 0.393 bits per heavy atom. The average molecular weight is 713 g/mol. The molecule has 0 saturated heterocycles. The summed E-state index contributed by atoms with van der Waals surface area (Å²) in [7, 11) is 0. The normalized spacial score (nSPS) is 11.9. The van der Waals surface area contributed by atoms with Gasteiger partial charge in [0.05, 0.1) is 27.8 Å². The molecule has 4 nitrogen and oxygen atoms in total. The van der Waals surface area contributed by atoms with Gasteiger partial charge in [0, 0.05) is 56.4 Å². The highest BCUT2D eigenvalue weighted by Gasteiger charge is 2.22. The number of para-hydroxylation sites is 4. The number of nitrogens with zero attached hydrogens (tertiary/aromatic N) is 4. The lowest BCUT2D eigenvalue weighted by Gasteiger charge is -2.26. The van der Waals surface area contributed by atoms with Crippen LogP contribution in [0.2, 0.25) is 0 Å². The number of hydrogen-bond donors (Lipinski definition) is 0. The first kappa shape index (κ1) is 30.9. The summed E-state index contributed by atoms with van der Waals surface area (Å²) >= 11 is 0. The van der Waals surface area contributed by atoms with E-state index in [9.17, 15) is 0 Å². The van der Waals surface area contributed by atoms with Gasteiger partial charge in [-0.15, -0.1) is 0 Å². The molecular formula is C52H32N4. The van der Waals surface area contributed by atoms with Crippen molar-refractivity contribution in [3.8, 4) is 16.8 Å². The topological polar surface area (TPSA) is 34.0 Å². The van der Waals surface area contributed by atoms with Crippen LogP contribution in [0.1, 0.15) is 0 Å². The van der Waals surface area contributed by atoms with Gasteiger partial charge < -0.3 is 9.47 Å². The fraction of sp³-hybridized carbons (Fsp3) is 0. The molecule has 0 N–H and O–H groups in total. The standard InChI is InChI=1S/C52H32N4/c1-4-12-35(13-5-1)55(36-14-6-2-7-15-36)47-29-31-54-51-43(47)27-26-42-39(28-30-53-50(42)51)38-23-20-33-21-25-44-49-34(22-24-41(38)48(33)49)32-45-40-18-10-11-19-46(40)56(52(44)45)37-16-8-3-9-17-37/h1-32H. The number of pyridine rings is 2. The number of aromatic nitrogens is 3. The van der Waals surface area contributed by atoms with Crippen LogP contribution in [0.4, 0.5) is 17.1 Å². The molecule has 0 amide bonds. The molecule has 0 unspecified atom stereocenters. The van der Waals surface area contributed by atoms with Crippen LogP contribution in [0.15, 0.2) is 194 Å². The fourth-order valence-corrected chi connectivity index (χ4v) is 9.23. The van der Waals surface area contributed by atoms with Crippen molar-refractivity contribution in [2.24, 2.45) is 0 Å². The molecule has 260 valence electrons. The van der Waals surface area contributed by atoms with Crippen molar-refractivity contribution in [3.63, 3.8) is 0 Å². The Balaban J connectivity index is 1.10. The zero-order valence-corrected chi connectivity index (χ0v) is 30.3. The number of anilines is 3. The summed E-state index contributed by atoms with van der Waals surface area (Å²) < 4.78 is 2.44. The van der Waals surface area contributed by atoms with Gasteiger partial charge in [0.2, 0.25) is 0 Å². The second-order valence-electron chi connectivity index (χ2n) is 14.5. The molecular weight excluding hydrogens is 681 g/mol. The van der Waals surface area contributed by atoms with Crippen molar-refractivity contribution >= 4 is 93.0 Å². The molecule has 0 spiro atoms. The summed E-state index contributed by atoms with van der Waals surface area (Å²) in [5, 5.41) is 12.2. The summed E-state index contributed by atoms with van der Waals surface area (Å²) in [6, 6.07) is 65.5. The van der Waals surface area contributed by atoms with Crippen molar-refractivity contribution in [2.75, 3.05) is 4.90 Å². The Hall–Kier alpha value is -7.56. The highest BCUT2D eigenvalue weighted by molar-refractivity contribution is 6.33. The van der Waals surface area contributed by atoms with Gasteiger partial charge in [0.25, 0.3) is 0 Å². The Labute approximate surface area is 322 Å². The van der Waals surface area contributed by atoms with E-state index >= 15 is 0 Å². The van der Waals surface area contributed by atoms with E-state index in [1.54, 1.807) is 0 Å². The molecule has 0 aliphatic heterocycles. The predicted octanol–water partition coefficient (Wildman–Crippen LogP) is 13.9. The van der Waals surface area contributed by atoms with Gasteiger partial charge in [-0.05, 0) is 105 Å². The van der Waals surface area contributed by atoms with Crippen molar-refractivity contribution in [3.05, 3.63) is 194 Å². The SMILES string of the molecule is c1ccc(N(c2ccccc2)c2ccnc3c2ccc2c(-c4ccc5ccc6c7c(ccc4c57)cc4c5ccccc5n(-c5ccccc5)c46)ccnc23)cc1. The van der Waals surface area contributed by atoms with E-state index < -0.39 is 0 Å². The largest absolute Gasteiger partial charge is 0.310 e. The van der Waals surface area contributed by atoms with Crippen LogP contribution in [0.25, 0.3) is 92.7 Å². The minimum atomic E-state index is 0.882. The number of rotatable bonds is 5. The van der Waals surface area contributed by atoms with E-state index in [0.29, 0.717) is 0 Å². The third kappa shape index (κ3) is 4.41. The van der Waals surface area contributed by atoms with Crippen LogP contribution in [-0.4, -0.2) is 14.5 Å². The van der Waals surface area contributed by atoms with Crippen molar-refractivity contribution in [1.29, 1.82) is 0 Å². The smallest absolute Gasteiger partial charge is 0.0985 e. The van der Waals surface area contributed by atoms with E-state index in [1.807, 2.05) is 12.4 Å². The lowest BCUT2D eigenvalue weighted by molar-refractivity contribution is 1.19. The number of hydrogen-bond acceptors (Lipinski definition) is 3. The Morgan fingerprint density at radius 2 is 0.964 bits per heavy atom. The van der Waals surface area contributed by atoms with Gasteiger partial charge in [-0.2, -0.15) is 0 Å². The zero-order valence-electron chi connectivity index (χ0n) is 30.3. The van der Waals surface area contributed by atoms with E-state index in [1.165, 1.54) is 59.7 Å². The first-order valence-electron chi connectivity index (χ1n) is 19.1. The molecule has 3 heterocycles. The summed E-state index contributed by atoms with van der Waals surface area (Å²) in [6.45, 7) is 0. The summed E-state index contributed by atoms with van der Waals surface area (Å²) in [4.78, 5) is 12.3. The van der Waals surface area contributed by atoms with E-state index in [4.69, 9.17) is 9.97 Å². The maximum Gasteiger partial charge on any atom is 0.0985 e. The maximum absolute atomic E-state index is 5.01. The van der Waals surface area contributed by atoms with Crippen molar-refractivity contribution < 1.29 is 0 Å². The third-order valence-corrected chi connectivity index (χ3v) is 11.6. The second kappa shape index (κ2) is 12.0. The molecule has 0 atom stereocenters. The third-order valence-electron chi connectivity index (χ3n) is 11.6. The van der Waals surface area contributed by atoms with Crippen LogP contribution >= 0.6 is 0 Å². The second-order valence-corrected chi connectivity index (χ2v) is 14.5. The summed E-state index contributed by atoms with van der Waals surface area (Å²) in [5.41, 5.74) is 11.0. The van der Waals surface area contributed by atoms with Crippen molar-refractivity contribution in [2.45, 2.75) is 0 Å². The molecule has 0 fully saturated rings. The van der Waals surface area contributed by atoms with Gasteiger partial charge in [-0.3, -0.25) is 9.97 Å². The number of fused-ring (bicyclic) bond motifs is 7. The molecule has 0 radical (unpaired) electrons. The van der Waals surface area contributed by atoms with Crippen LogP contribution in [0.3, 0.4) is 0 Å². The predicted molar refractivity (Wildman–Crippen MR) is 235 cm³/mol. The monoisotopic (exact) mass is 712 g/mol. The lowest BCUT2D eigenvalue weighted by atomic mass is 9.88. The first-order chi connectivity index (χ1) is 27.8. The molecule has 0 aliphatic rings. The minimum Gasteiger partial charge on any atom is -0.310 e. The van der Waals surface area contributed by atoms with Crippen LogP contribution < -0.4 is 4.90 Å². The van der Waals surface area contributed by atoms with Gasteiger partial charge in [-0.1, -0.05) is 115 Å². The number of benzene rings is 9. The molecule has 0 bridgehead atoms. The molecule has 3 aromatic heterocycles. The van der Waals surface area contributed by atoms with Gasteiger partial charge in [0.1, 0.15) is 0 Å². The lowest BCUT2D eigenvalue weighted by Crippen LogP contribution is -2.10. The van der Waals surface area contributed by atoms with E-state index in [0.717, 1.165) is 50.1 Å². The van der Waals surface area contributed by atoms with E-state index in [-0.39, 0.29) is 0 Å². The Kier molecular flexibility index (Phi) is 6.60. The van der Waals surface area contributed by atoms with Crippen LogP contribution in [-0.2, 0) is 0 Å². The quantitative estimate of drug-likeness (QED) is 0.167.